The Labute approximate surface area is 109 Å². The third-order valence-corrected chi connectivity index (χ3v) is 3.04. The first kappa shape index (κ1) is 14.5. The van der Waals surface area contributed by atoms with Gasteiger partial charge in [0.05, 0.1) is 6.54 Å². The van der Waals surface area contributed by atoms with Crippen LogP contribution >= 0.6 is 0 Å². The molecule has 18 heavy (non-hydrogen) atoms. The van der Waals surface area contributed by atoms with Crippen LogP contribution in [0.2, 0.25) is 0 Å². The highest BCUT2D eigenvalue weighted by atomic mass is 15.3. The van der Waals surface area contributed by atoms with E-state index in [1.807, 2.05) is 4.57 Å². The van der Waals surface area contributed by atoms with Crippen molar-refractivity contribution in [3.05, 3.63) is 12.2 Å². The molecule has 0 saturated heterocycles. The SMILES string of the molecule is CCn1cnnc1CNC(=NC)NC(C)C(C)C. The Morgan fingerprint density at radius 1 is 1.44 bits per heavy atom. The van der Waals surface area contributed by atoms with Gasteiger partial charge in [-0.25, -0.2) is 0 Å². The fourth-order valence-electron chi connectivity index (χ4n) is 1.42. The summed E-state index contributed by atoms with van der Waals surface area (Å²) in [5.41, 5.74) is 0. The van der Waals surface area contributed by atoms with E-state index in [1.54, 1.807) is 13.4 Å². The molecule has 0 spiro atoms. The van der Waals surface area contributed by atoms with Crippen molar-refractivity contribution < 1.29 is 0 Å². The highest BCUT2D eigenvalue weighted by Gasteiger charge is 2.09. The van der Waals surface area contributed by atoms with Crippen molar-refractivity contribution in [2.24, 2.45) is 10.9 Å². The number of hydrogen-bond acceptors (Lipinski definition) is 3. The van der Waals surface area contributed by atoms with Gasteiger partial charge in [-0.15, -0.1) is 10.2 Å². The lowest BCUT2D eigenvalue weighted by molar-refractivity contribution is 0.480. The lowest BCUT2D eigenvalue weighted by Crippen LogP contribution is -2.44. The summed E-state index contributed by atoms with van der Waals surface area (Å²) in [5, 5.41) is 14.6. The van der Waals surface area contributed by atoms with E-state index in [0.717, 1.165) is 18.3 Å². The molecular formula is C12H24N6. The minimum absolute atomic E-state index is 0.375. The third-order valence-electron chi connectivity index (χ3n) is 3.04. The largest absolute Gasteiger partial charge is 0.354 e. The molecule has 0 radical (unpaired) electrons. The number of rotatable bonds is 5. The van der Waals surface area contributed by atoms with Crippen molar-refractivity contribution in [2.45, 2.75) is 46.8 Å². The molecule has 1 aromatic heterocycles. The van der Waals surface area contributed by atoms with Gasteiger partial charge in [0.1, 0.15) is 6.33 Å². The molecule has 1 aromatic rings. The monoisotopic (exact) mass is 252 g/mol. The molecule has 6 nitrogen and oxygen atoms in total. The summed E-state index contributed by atoms with van der Waals surface area (Å²) in [5.74, 6) is 2.27. The number of aryl methyl sites for hydroxylation is 1. The van der Waals surface area contributed by atoms with E-state index >= 15 is 0 Å². The average Bonchev–Trinajstić information content (AvgIpc) is 2.81. The molecule has 6 heteroatoms. The molecule has 0 bridgehead atoms. The zero-order valence-corrected chi connectivity index (χ0v) is 11.9. The summed E-state index contributed by atoms with van der Waals surface area (Å²) in [6, 6.07) is 0.375. The molecule has 1 rings (SSSR count). The van der Waals surface area contributed by atoms with E-state index in [-0.39, 0.29) is 0 Å². The van der Waals surface area contributed by atoms with E-state index in [0.29, 0.717) is 18.5 Å². The summed E-state index contributed by atoms with van der Waals surface area (Å²) in [4.78, 5) is 4.20. The van der Waals surface area contributed by atoms with Crippen LogP contribution in [0.1, 0.15) is 33.5 Å². The Kier molecular flexibility index (Phi) is 5.61. The highest BCUT2D eigenvalue weighted by molar-refractivity contribution is 5.79. The van der Waals surface area contributed by atoms with Gasteiger partial charge in [-0.1, -0.05) is 13.8 Å². The van der Waals surface area contributed by atoms with Crippen molar-refractivity contribution in [1.82, 2.24) is 25.4 Å². The van der Waals surface area contributed by atoms with E-state index in [9.17, 15) is 0 Å². The minimum atomic E-state index is 0.375. The molecule has 1 unspecified atom stereocenters. The van der Waals surface area contributed by atoms with Crippen molar-refractivity contribution in [3.8, 4) is 0 Å². The van der Waals surface area contributed by atoms with Gasteiger partial charge in [-0.05, 0) is 19.8 Å². The molecule has 0 saturated carbocycles. The van der Waals surface area contributed by atoms with Gasteiger partial charge in [-0.2, -0.15) is 0 Å². The van der Waals surface area contributed by atoms with E-state index < -0.39 is 0 Å². The van der Waals surface area contributed by atoms with Crippen LogP contribution in [0.25, 0.3) is 0 Å². The van der Waals surface area contributed by atoms with Gasteiger partial charge < -0.3 is 15.2 Å². The summed E-state index contributed by atoms with van der Waals surface area (Å²) in [6.07, 6.45) is 1.74. The van der Waals surface area contributed by atoms with E-state index in [4.69, 9.17) is 0 Å². The van der Waals surface area contributed by atoms with Crippen LogP contribution in [0, 0.1) is 5.92 Å². The number of aromatic nitrogens is 3. The summed E-state index contributed by atoms with van der Waals surface area (Å²) < 4.78 is 2.01. The lowest BCUT2D eigenvalue weighted by Gasteiger charge is -2.20. The maximum atomic E-state index is 4.20. The first-order valence-electron chi connectivity index (χ1n) is 6.42. The normalized spacial score (nSPS) is 13.8. The van der Waals surface area contributed by atoms with Crippen molar-refractivity contribution in [1.29, 1.82) is 0 Å². The Hall–Kier alpha value is -1.59. The molecule has 1 atom stereocenters. The zero-order valence-electron chi connectivity index (χ0n) is 11.9. The Balaban J connectivity index is 2.50. The molecule has 1 heterocycles. The number of nitrogens with zero attached hydrogens (tertiary/aromatic N) is 4. The van der Waals surface area contributed by atoms with Crippen LogP contribution in [-0.4, -0.2) is 33.8 Å². The molecule has 0 aliphatic carbocycles. The van der Waals surface area contributed by atoms with Gasteiger partial charge in [0.25, 0.3) is 0 Å². The maximum absolute atomic E-state index is 4.20. The van der Waals surface area contributed by atoms with Gasteiger partial charge in [0, 0.05) is 19.6 Å². The van der Waals surface area contributed by atoms with Crippen LogP contribution in [0.15, 0.2) is 11.3 Å². The number of hydrogen-bond donors (Lipinski definition) is 2. The quantitative estimate of drug-likeness (QED) is 0.606. The second-order valence-electron chi connectivity index (χ2n) is 4.64. The lowest BCUT2D eigenvalue weighted by atomic mass is 10.1. The zero-order chi connectivity index (χ0) is 13.5. The van der Waals surface area contributed by atoms with Gasteiger partial charge in [-0.3, -0.25) is 4.99 Å². The Morgan fingerprint density at radius 3 is 2.72 bits per heavy atom. The standard InChI is InChI=1S/C12H24N6/c1-6-18-8-15-17-11(18)7-14-12(13-5)16-10(4)9(2)3/h8-10H,6-7H2,1-5H3,(H2,13,14,16). The summed E-state index contributed by atoms with van der Waals surface area (Å²) >= 11 is 0. The maximum Gasteiger partial charge on any atom is 0.191 e. The van der Waals surface area contributed by atoms with E-state index in [1.165, 1.54) is 0 Å². The molecule has 2 N–H and O–H groups in total. The molecule has 0 aromatic carbocycles. The predicted octanol–water partition coefficient (Wildman–Crippen LogP) is 1.01. The molecule has 0 aliphatic heterocycles. The summed E-state index contributed by atoms with van der Waals surface area (Å²) in [6.45, 7) is 10.1. The van der Waals surface area contributed by atoms with Crippen LogP contribution in [-0.2, 0) is 13.1 Å². The second kappa shape index (κ2) is 6.98. The topological polar surface area (TPSA) is 67.1 Å². The number of guanidine groups is 1. The Morgan fingerprint density at radius 2 is 2.17 bits per heavy atom. The van der Waals surface area contributed by atoms with E-state index in [2.05, 4.69) is 53.5 Å². The van der Waals surface area contributed by atoms with Crippen LogP contribution < -0.4 is 10.6 Å². The van der Waals surface area contributed by atoms with Crippen molar-refractivity contribution >= 4 is 5.96 Å². The van der Waals surface area contributed by atoms with Gasteiger partial charge in [0.2, 0.25) is 0 Å². The molecule has 0 fully saturated rings. The van der Waals surface area contributed by atoms with Gasteiger partial charge in [0.15, 0.2) is 11.8 Å². The van der Waals surface area contributed by atoms with Crippen LogP contribution in [0.3, 0.4) is 0 Å². The fourth-order valence-corrected chi connectivity index (χ4v) is 1.42. The highest BCUT2D eigenvalue weighted by Crippen LogP contribution is 1.99. The molecule has 102 valence electrons. The smallest absolute Gasteiger partial charge is 0.191 e. The fraction of sp³-hybridized carbons (Fsp3) is 0.750. The first-order valence-corrected chi connectivity index (χ1v) is 6.42. The van der Waals surface area contributed by atoms with Gasteiger partial charge >= 0.3 is 0 Å². The number of nitrogens with one attached hydrogen (secondary N) is 2. The van der Waals surface area contributed by atoms with Crippen LogP contribution in [0.5, 0.6) is 0 Å². The summed E-state index contributed by atoms with van der Waals surface area (Å²) in [7, 11) is 1.77. The predicted molar refractivity (Wildman–Crippen MR) is 73.3 cm³/mol. The third kappa shape index (κ3) is 4.01. The van der Waals surface area contributed by atoms with Crippen molar-refractivity contribution in [2.75, 3.05) is 7.05 Å². The molecule has 0 amide bonds. The van der Waals surface area contributed by atoms with Crippen LogP contribution in [0.4, 0.5) is 0 Å². The number of aliphatic imine (C=N–C) groups is 1. The average molecular weight is 252 g/mol. The second-order valence-corrected chi connectivity index (χ2v) is 4.64. The molecule has 0 aliphatic rings. The Bertz CT molecular complexity index is 382. The van der Waals surface area contributed by atoms with Crippen molar-refractivity contribution in [3.63, 3.8) is 0 Å². The first-order chi connectivity index (χ1) is 8.58. The molecular weight excluding hydrogens is 228 g/mol. The minimum Gasteiger partial charge on any atom is -0.354 e.